The summed E-state index contributed by atoms with van der Waals surface area (Å²) < 4.78 is 5.46. The van der Waals surface area contributed by atoms with Crippen LogP contribution >= 0.6 is 0 Å². The number of nitrogens with zero attached hydrogens (tertiary/aromatic N) is 5. The molecular formula is C20H26N6O2-2. The Morgan fingerprint density at radius 3 is 2.75 bits per heavy atom. The number of aromatic nitrogens is 1. The fourth-order valence-electron chi connectivity index (χ4n) is 3.29. The van der Waals surface area contributed by atoms with E-state index in [1.807, 2.05) is 18.2 Å². The summed E-state index contributed by atoms with van der Waals surface area (Å²) in [7, 11) is 1.71. The second-order valence-electron chi connectivity index (χ2n) is 6.57. The number of nitrogens with two attached hydrogens (primary N) is 1. The maximum absolute atomic E-state index is 12.1. The summed E-state index contributed by atoms with van der Waals surface area (Å²) in [5.41, 5.74) is 5.09. The van der Waals surface area contributed by atoms with Crippen molar-refractivity contribution in [3.8, 4) is 5.75 Å². The molecule has 3 rings (SSSR count). The van der Waals surface area contributed by atoms with Crippen LogP contribution in [0.3, 0.4) is 0 Å². The SMILES string of the molecule is COc1ccccc1N1CCN(CCC[N-]C(=O)c2ccnc([N-]N)c2)CC1. The second kappa shape index (κ2) is 9.91. The number of hydrogen-bond donors (Lipinski definition) is 1. The topological polar surface area (TPSA) is 99.9 Å². The van der Waals surface area contributed by atoms with Crippen molar-refractivity contribution in [1.82, 2.24) is 9.88 Å². The van der Waals surface area contributed by atoms with Gasteiger partial charge < -0.3 is 36.0 Å². The van der Waals surface area contributed by atoms with E-state index in [4.69, 9.17) is 10.6 Å². The molecule has 8 nitrogen and oxygen atoms in total. The van der Waals surface area contributed by atoms with Crippen molar-refractivity contribution in [2.75, 3.05) is 51.3 Å². The third-order valence-corrected chi connectivity index (χ3v) is 4.81. The molecule has 150 valence electrons. The van der Waals surface area contributed by atoms with Gasteiger partial charge in [-0.15, -0.1) is 6.54 Å². The number of ether oxygens (including phenoxy) is 1. The van der Waals surface area contributed by atoms with E-state index < -0.39 is 0 Å². The number of benzene rings is 1. The van der Waals surface area contributed by atoms with E-state index in [0.29, 0.717) is 17.9 Å². The Kier molecular flexibility index (Phi) is 7.05. The minimum absolute atomic E-state index is 0.256. The summed E-state index contributed by atoms with van der Waals surface area (Å²) in [6, 6.07) is 11.3. The lowest BCUT2D eigenvalue weighted by molar-refractivity contribution is 0.103. The Labute approximate surface area is 165 Å². The monoisotopic (exact) mass is 382 g/mol. The molecule has 1 amide bonds. The van der Waals surface area contributed by atoms with Gasteiger partial charge in [0.15, 0.2) is 0 Å². The fraction of sp³-hybridized carbons (Fsp3) is 0.400. The number of piperazine rings is 1. The predicted octanol–water partition coefficient (Wildman–Crippen LogP) is 2.70. The Balaban J connectivity index is 1.38. The van der Waals surface area contributed by atoms with Crippen molar-refractivity contribution in [2.45, 2.75) is 6.42 Å². The minimum atomic E-state index is -0.256. The van der Waals surface area contributed by atoms with Crippen LogP contribution in [0.1, 0.15) is 16.8 Å². The molecule has 0 bridgehead atoms. The first-order valence-electron chi connectivity index (χ1n) is 9.40. The molecule has 1 aromatic heterocycles. The molecule has 2 N–H and O–H groups in total. The van der Waals surface area contributed by atoms with Gasteiger partial charge in [-0.25, -0.2) is 0 Å². The van der Waals surface area contributed by atoms with Gasteiger partial charge >= 0.3 is 0 Å². The summed E-state index contributed by atoms with van der Waals surface area (Å²) in [4.78, 5) is 20.8. The lowest BCUT2D eigenvalue weighted by Gasteiger charge is -2.37. The molecule has 0 unspecified atom stereocenters. The number of para-hydroxylation sites is 2. The highest BCUT2D eigenvalue weighted by Gasteiger charge is 2.18. The molecule has 0 radical (unpaired) electrons. The van der Waals surface area contributed by atoms with Crippen molar-refractivity contribution in [3.63, 3.8) is 0 Å². The lowest BCUT2D eigenvalue weighted by Crippen LogP contribution is -2.46. The molecule has 28 heavy (non-hydrogen) atoms. The van der Waals surface area contributed by atoms with Gasteiger partial charge in [-0.2, -0.15) is 0 Å². The number of methoxy groups -OCH3 is 1. The molecule has 0 saturated carbocycles. The average molecular weight is 382 g/mol. The van der Waals surface area contributed by atoms with Gasteiger partial charge in [0.1, 0.15) is 5.75 Å². The zero-order valence-corrected chi connectivity index (χ0v) is 16.1. The van der Waals surface area contributed by atoms with E-state index in [2.05, 4.69) is 31.6 Å². The van der Waals surface area contributed by atoms with Crippen LogP contribution in [0.4, 0.5) is 11.5 Å². The van der Waals surface area contributed by atoms with Gasteiger partial charge in [-0.3, -0.25) is 4.90 Å². The number of hydrogen-bond acceptors (Lipinski definition) is 6. The quantitative estimate of drug-likeness (QED) is 0.428. The van der Waals surface area contributed by atoms with E-state index in [9.17, 15) is 4.79 Å². The van der Waals surface area contributed by atoms with Crippen LogP contribution in [0.15, 0.2) is 42.6 Å². The van der Waals surface area contributed by atoms with Crippen molar-refractivity contribution in [3.05, 3.63) is 58.9 Å². The van der Waals surface area contributed by atoms with Gasteiger partial charge in [-0.05, 0) is 30.1 Å². The highest BCUT2D eigenvalue weighted by molar-refractivity contribution is 6.04. The molecule has 1 aliphatic heterocycles. The highest BCUT2D eigenvalue weighted by atomic mass is 16.5. The molecule has 0 spiro atoms. The van der Waals surface area contributed by atoms with Crippen LogP contribution in [0.25, 0.3) is 10.7 Å². The van der Waals surface area contributed by atoms with Crippen LogP contribution in [-0.2, 0) is 0 Å². The highest BCUT2D eigenvalue weighted by Crippen LogP contribution is 2.28. The molecular weight excluding hydrogens is 356 g/mol. The van der Waals surface area contributed by atoms with Crippen LogP contribution in [-0.4, -0.2) is 62.2 Å². The van der Waals surface area contributed by atoms with Crippen molar-refractivity contribution in [2.24, 2.45) is 5.84 Å². The van der Waals surface area contributed by atoms with Gasteiger partial charge in [0.05, 0.1) is 18.7 Å². The van der Waals surface area contributed by atoms with Crippen LogP contribution in [0.2, 0.25) is 0 Å². The van der Waals surface area contributed by atoms with Crippen LogP contribution < -0.4 is 15.5 Å². The van der Waals surface area contributed by atoms with E-state index in [1.54, 1.807) is 19.2 Å². The predicted molar refractivity (Wildman–Crippen MR) is 110 cm³/mol. The number of anilines is 1. The molecule has 1 aliphatic rings. The first-order valence-corrected chi connectivity index (χ1v) is 9.40. The van der Waals surface area contributed by atoms with Gasteiger partial charge in [0, 0.05) is 26.2 Å². The summed E-state index contributed by atoms with van der Waals surface area (Å²) in [6.45, 7) is 5.31. The number of carbonyl (C=O) groups is 1. The Morgan fingerprint density at radius 2 is 2.00 bits per heavy atom. The first-order chi connectivity index (χ1) is 13.7. The molecule has 1 fully saturated rings. The average Bonchev–Trinajstić information content (AvgIpc) is 2.77. The third kappa shape index (κ3) is 5.11. The van der Waals surface area contributed by atoms with Gasteiger partial charge in [0.2, 0.25) is 0 Å². The van der Waals surface area contributed by atoms with Crippen molar-refractivity contribution in [1.29, 1.82) is 0 Å². The Hall–Kier alpha value is -2.84. The Bertz CT molecular complexity index is 777. The van der Waals surface area contributed by atoms with Crippen LogP contribution in [0, 0.1) is 0 Å². The number of pyridine rings is 1. The summed E-state index contributed by atoms with van der Waals surface area (Å²) in [5, 5.41) is 4.14. The summed E-state index contributed by atoms with van der Waals surface area (Å²) in [5.74, 6) is 6.17. The summed E-state index contributed by atoms with van der Waals surface area (Å²) >= 11 is 0. The molecule has 2 heterocycles. The number of amides is 1. The first kappa shape index (κ1) is 19.9. The number of carbonyl (C=O) groups excluding carboxylic acids is 1. The van der Waals surface area contributed by atoms with Crippen molar-refractivity contribution >= 4 is 17.4 Å². The molecule has 0 aliphatic carbocycles. The zero-order valence-electron chi connectivity index (χ0n) is 16.1. The lowest BCUT2D eigenvalue weighted by atomic mass is 10.2. The largest absolute Gasteiger partial charge is 0.649 e. The van der Waals surface area contributed by atoms with E-state index >= 15 is 0 Å². The molecule has 1 saturated heterocycles. The number of rotatable bonds is 8. The van der Waals surface area contributed by atoms with Crippen molar-refractivity contribution < 1.29 is 9.53 Å². The third-order valence-electron chi connectivity index (χ3n) is 4.81. The van der Waals surface area contributed by atoms with Gasteiger partial charge in [-0.1, -0.05) is 36.9 Å². The standard InChI is InChI=1S/C20H27N6O2/c1-28-18-6-3-2-5-17(18)26-13-11-25(12-14-26)10-4-8-23-20(27)16-7-9-22-19(15-16)24-21/h2-3,5-7,9,15H,4,8,10-14H2,1H3,(H3-,21,22,23,24,27)/q-1/p-1. The van der Waals surface area contributed by atoms with E-state index in [0.717, 1.165) is 50.6 Å². The van der Waals surface area contributed by atoms with Crippen LogP contribution in [0.5, 0.6) is 5.75 Å². The van der Waals surface area contributed by atoms with E-state index in [1.165, 1.54) is 6.20 Å². The second-order valence-corrected chi connectivity index (χ2v) is 6.57. The smallest absolute Gasteiger partial charge is 0.142 e. The zero-order chi connectivity index (χ0) is 19.8. The molecule has 8 heteroatoms. The summed E-state index contributed by atoms with van der Waals surface area (Å²) in [6.07, 6.45) is 2.36. The maximum Gasteiger partial charge on any atom is 0.142 e. The fourth-order valence-corrected chi connectivity index (χ4v) is 3.29. The van der Waals surface area contributed by atoms with E-state index in [-0.39, 0.29) is 5.91 Å². The minimum Gasteiger partial charge on any atom is -0.649 e. The molecule has 1 aromatic carbocycles. The molecule has 2 aromatic rings. The normalized spacial score (nSPS) is 14.6. The Morgan fingerprint density at radius 1 is 1.21 bits per heavy atom. The molecule has 0 atom stereocenters. The van der Waals surface area contributed by atoms with Gasteiger partial charge in [0.25, 0.3) is 0 Å². The maximum atomic E-state index is 12.1.